The Morgan fingerprint density at radius 3 is 2.59 bits per heavy atom. The number of hydrogen-bond acceptors (Lipinski definition) is 5. The molecule has 2 aromatic carbocycles. The predicted molar refractivity (Wildman–Crippen MR) is 142 cm³/mol. The number of fused-ring (bicyclic) bond motifs is 1. The highest BCUT2D eigenvalue weighted by Crippen LogP contribution is 2.51. The summed E-state index contributed by atoms with van der Waals surface area (Å²) in [6.07, 6.45) is 4.95. The molecule has 2 saturated heterocycles. The van der Waals surface area contributed by atoms with E-state index in [1.165, 1.54) is 10.9 Å². The number of aliphatic hydroxyl groups is 1. The molecule has 206 valence electrons. The molecule has 3 fully saturated rings. The van der Waals surface area contributed by atoms with E-state index in [1.807, 2.05) is 40.1 Å². The van der Waals surface area contributed by atoms with E-state index in [9.17, 15) is 23.5 Å². The van der Waals surface area contributed by atoms with Gasteiger partial charge in [-0.25, -0.2) is 18.6 Å². The Kier molecular flexibility index (Phi) is 6.63. The average Bonchev–Trinajstić information content (AvgIpc) is 3.43. The molecule has 0 radical (unpaired) electrons. The van der Waals surface area contributed by atoms with E-state index in [2.05, 4.69) is 10.3 Å². The van der Waals surface area contributed by atoms with Crippen LogP contribution in [0.1, 0.15) is 43.7 Å². The quantitative estimate of drug-likeness (QED) is 0.534. The minimum Gasteiger partial charge on any atom is -0.387 e. The fourth-order valence-corrected chi connectivity index (χ4v) is 6.90. The molecule has 2 aliphatic heterocycles. The zero-order valence-electron chi connectivity index (χ0n) is 21.8. The minimum absolute atomic E-state index is 0.0178. The average molecular weight is 538 g/mol. The Balaban J connectivity index is 1.27. The van der Waals surface area contributed by atoms with Crippen molar-refractivity contribution in [2.75, 3.05) is 32.7 Å². The summed E-state index contributed by atoms with van der Waals surface area (Å²) < 4.78 is 28.9. The molecule has 2 unspecified atom stereocenters. The van der Waals surface area contributed by atoms with E-state index in [-0.39, 0.29) is 29.5 Å². The van der Waals surface area contributed by atoms with Crippen LogP contribution in [0.3, 0.4) is 0 Å². The Bertz CT molecular complexity index is 1440. The third-order valence-electron chi connectivity index (χ3n) is 9.08. The van der Waals surface area contributed by atoms with E-state index in [0.717, 1.165) is 49.9 Å². The van der Waals surface area contributed by atoms with Crippen molar-refractivity contribution >= 4 is 16.9 Å². The third kappa shape index (κ3) is 4.49. The molecular formula is C29H33F2N5O3. The van der Waals surface area contributed by atoms with E-state index < -0.39 is 28.2 Å². The number of halogens is 2. The molecule has 2 amide bonds. The van der Waals surface area contributed by atoms with Crippen LogP contribution >= 0.6 is 0 Å². The zero-order chi connectivity index (χ0) is 27.2. The third-order valence-corrected chi connectivity index (χ3v) is 9.08. The van der Waals surface area contributed by atoms with Crippen LogP contribution in [0.4, 0.5) is 13.6 Å². The first kappa shape index (κ1) is 25.9. The second kappa shape index (κ2) is 9.98. The first-order valence-electron chi connectivity index (χ1n) is 13.7. The van der Waals surface area contributed by atoms with Crippen LogP contribution in [0.25, 0.3) is 10.9 Å². The predicted octanol–water partition coefficient (Wildman–Crippen LogP) is 3.44. The summed E-state index contributed by atoms with van der Waals surface area (Å²) in [5.74, 6) is -2.18. The maximum absolute atomic E-state index is 13.9. The molecule has 10 heteroatoms. The van der Waals surface area contributed by atoms with Crippen LogP contribution in [0, 0.1) is 17.0 Å². The number of carbonyl (C=O) groups excluding carboxylic acids is 1. The van der Waals surface area contributed by atoms with Crippen molar-refractivity contribution in [2.45, 2.75) is 50.3 Å². The maximum Gasteiger partial charge on any atom is 0.320 e. The highest BCUT2D eigenvalue weighted by molar-refractivity contribution is 5.77. The van der Waals surface area contributed by atoms with Crippen molar-refractivity contribution in [3.8, 4) is 0 Å². The lowest BCUT2D eigenvalue weighted by Crippen LogP contribution is -2.64. The van der Waals surface area contributed by atoms with Crippen molar-refractivity contribution in [3.05, 3.63) is 76.3 Å². The highest BCUT2D eigenvalue weighted by atomic mass is 19.2. The van der Waals surface area contributed by atoms with Gasteiger partial charge in [-0.2, -0.15) is 0 Å². The number of urea groups is 1. The van der Waals surface area contributed by atoms with Crippen molar-refractivity contribution in [1.82, 2.24) is 24.7 Å². The largest absolute Gasteiger partial charge is 0.387 e. The summed E-state index contributed by atoms with van der Waals surface area (Å²) in [6, 6.07) is 11.7. The number of piperazine rings is 1. The number of amides is 2. The molecule has 3 aliphatic rings. The monoisotopic (exact) mass is 537 g/mol. The topological polar surface area (TPSA) is 90.7 Å². The molecule has 1 aliphatic carbocycles. The molecule has 1 aromatic heterocycles. The van der Waals surface area contributed by atoms with Crippen molar-refractivity contribution < 1.29 is 18.7 Å². The number of aromatic nitrogens is 2. The molecule has 39 heavy (non-hydrogen) atoms. The molecule has 2 N–H and O–H groups in total. The second-order valence-electron chi connectivity index (χ2n) is 11.3. The van der Waals surface area contributed by atoms with Crippen LogP contribution in [-0.4, -0.2) is 68.8 Å². The Morgan fingerprint density at radius 1 is 1.08 bits per heavy atom. The van der Waals surface area contributed by atoms with Gasteiger partial charge in [-0.1, -0.05) is 43.2 Å². The van der Waals surface area contributed by atoms with Gasteiger partial charge in [0.1, 0.15) is 0 Å². The SMILES string of the molecule is O=C(N1CCC(O)(Cn2cnc3cc(F)c(F)cc3c2=O)C2(CCCC2)C1)N1CCNCC1c1ccccc1. The number of benzene rings is 2. The van der Waals surface area contributed by atoms with E-state index in [0.29, 0.717) is 32.6 Å². The second-order valence-corrected chi connectivity index (χ2v) is 11.3. The molecule has 1 saturated carbocycles. The Hall–Kier alpha value is -3.37. The van der Waals surface area contributed by atoms with Crippen LogP contribution in [-0.2, 0) is 6.54 Å². The van der Waals surface area contributed by atoms with E-state index in [4.69, 9.17) is 0 Å². The van der Waals surface area contributed by atoms with Crippen LogP contribution in [0.2, 0.25) is 0 Å². The highest BCUT2D eigenvalue weighted by Gasteiger charge is 2.56. The summed E-state index contributed by atoms with van der Waals surface area (Å²) in [4.78, 5) is 35.1. The first-order valence-corrected chi connectivity index (χ1v) is 13.7. The van der Waals surface area contributed by atoms with Gasteiger partial charge in [0, 0.05) is 44.2 Å². The van der Waals surface area contributed by atoms with Gasteiger partial charge < -0.3 is 20.2 Å². The van der Waals surface area contributed by atoms with Gasteiger partial charge in [0.05, 0.1) is 35.4 Å². The lowest BCUT2D eigenvalue weighted by Gasteiger charge is -2.53. The van der Waals surface area contributed by atoms with E-state index >= 15 is 0 Å². The fraction of sp³-hybridized carbons (Fsp3) is 0.483. The van der Waals surface area contributed by atoms with Crippen molar-refractivity contribution in [3.63, 3.8) is 0 Å². The molecule has 3 aromatic rings. The molecular weight excluding hydrogens is 504 g/mol. The smallest absolute Gasteiger partial charge is 0.320 e. The zero-order valence-corrected chi connectivity index (χ0v) is 21.8. The van der Waals surface area contributed by atoms with Gasteiger partial charge in [-0.3, -0.25) is 9.36 Å². The van der Waals surface area contributed by atoms with Crippen LogP contribution in [0.15, 0.2) is 53.6 Å². The van der Waals surface area contributed by atoms with E-state index in [1.54, 1.807) is 0 Å². The summed E-state index contributed by atoms with van der Waals surface area (Å²) >= 11 is 0. The molecule has 3 heterocycles. The minimum atomic E-state index is -1.25. The lowest BCUT2D eigenvalue weighted by atomic mass is 9.66. The van der Waals surface area contributed by atoms with Crippen LogP contribution in [0.5, 0.6) is 0 Å². The van der Waals surface area contributed by atoms with Gasteiger partial charge in [0.15, 0.2) is 11.6 Å². The molecule has 0 bridgehead atoms. The number of piperidine rings is 1. The first-order chi connectivity index (χ1) is 18.8. The van der Waals surface area contributed by atoms with Gasteiger partial charge in [0.2, 0.25) is 0 Å². The van der Waals surface area contributed by atoms with Crippen molar-refractivity contribution in [1.29, 1.82) is 0 Å². The van der Waals surface area contributed by atoms with Gasteiger partial charge in [-0.15, -0.1) is 0 Å². The number of rotatable bonds is 3. The lowest BCUT2D eigenvalue weighted by molar-refractivity contribution is -0.136. The fourth-order valence-electron chi connectivity index (χ4n) is 6.90. The van der Waals surface area contributed by atoms with Gasteiger partial charge in [-0.05, 0) is 30.9 Å². The molecule has 2 atom stereocenters. The number of carbonyl (C=O) groups is 1. The Labute approximate surface area is 225 Å². The van der Waals surface area contributed by atoms with Crippen LogP contribution < -0.4 is 10.9 Å². The number of likely N-dealkylation sites (tertiary alicyclic amines) is 1. The molecule has 6 rings (SSSR count). The van der Waals surface area contributed by atoms with Gasteiger partial charge >= 0.3 is 6.03 Å². The summed E-state index contributed by atoms with van der Waals surface area (Å²) in [5.41, 5.74) is -1.19. The summed E-state index contributed by atoms with van der Waals surface area (Å²) in [5, 5.41) is 15.5. The number of nitrogens with zero attached hydrogens (tertiary/aromatic N) is 4. The summed E-state index contributed by atoms with van der Waals surface area (Å²) in [6.45, 7) is 2.75. The normalized spacial score (nSPS) is 24.9. The number of hydrogen-bond donors (Lipinski definition) is 2. The summed E-state index contributed by atoms with van der Waals surface area (Å²) in [7, 11) is 0. The van der Waals surface area contributed by atoms with Gasteiger partial charge in [0.25, 0.3) is 5.56 Å². The molecule has 1 spiro atoms. The number of nitrogens with one attached hydrogen (secondary N) is 1. The standard InChI is InChI=1S/C29H33F2N5O3/c30-22-14-21-24(15-23(22)31)33-19-35(26(21)37)18-29(39)10-12-34(17-28(29)8-4-5-9-28)27(38)36-13-11-32-16-25(36)20-6-2-1-3-7-20/h1-3,6-7,14-15,19,25,32,39H,4-5,8-13,16-18H2. The maximum atomic E-state index is 13.9. The Morgan fingerprint density at radius 2 is 1.82 bits per heavy atom. The van der Waals surface area contributed by atoms with Crippen molar-refractivity contribution in [2.24, 2.45) is 5.41 Å². The molecule has 8 nitrogen and oxygen atoms in total.